The van der Waals surface area contributed by atoms with Crippen molar-refractivity contribution in [3.8, 4) is 0 Å². The molecule has 0 spiro atoms. The Labute approximate surface area is 203 Å². The van der Waals surface area contributed by atoms with E-state index in [4.69, 9.17) is 4.74 Å². The second kappa shape index (κ2) is 9.26. The van der Waals surface area contributed by atoms with E-state index in [1.54, 1.807) is 19.9 Å². The fourth-order valence-electron chi connectivity index (χ4n) is 4.50. The van der Waals surface area contributed by atoms with E-state index in [-0.39, 0.29) is 28.2 Å². The van der Waals surface area contributed by atoms with Crippen LogP contribution in [0.5, 0.6) is 0 Å². The van der Waals surface area contributed by atoms with Gasteiger partial charge in [-0.2, -0.15) is 0 Å². The van der Waals surface area contributed by atoms with Gasteiger partial charge in [-0.15, -0.1) is 0 Å². The molecular formula is C25H26N2O7S. The number of rotatable bonds is 6. The number of hydrogen-bond donors (Lipinski definition) is 0. The number of carbonyl (C=O) groups is 4. The molecule has 2 aliphatic heterocycles. The molecule has 35 heavy (non-hydrogen) atoms. The Balaban J connectivity index is 1.47. The zero-order valence-electron chi connectivity index (χ0n) is 19.7. The number of fused-ring (bicyclic) bond motifs is 1. The molecule has 9 nitrogen and oxygen atoms in total. The highest BCUT2D eigenvalue weighted by Gasteiger charge is 2.38. The van der Waals surface area contributed by atoms with Gasteiger partial charge in [0.05, 0.1) is 33.9 Å². The summed E-state index contributed by atoms with van der Waals surface area (Å²) in [4.78, 5) is 53.8. The number of carbonyl (C=O) groups excluding carboxylic acids is 4. The lowest BCUT2D eigenvalue weighted by Gasteiger charge is -2.26. The maximum atomic E-state index is 13.1. The van der Waals surface area contributed by atoms with Gasteiger partial charge in [-0.25, -0.2) is 18.1 Å². The molecule has 2 aromatic carbocycles. The Morgan fingerprint density at radius 2 is 1.77 bits per heavy atom. The number of sulfone groups is 1. The summed E-state index contributed by atoms with van der Waals surface area (Å²) in [5, 5.41) is 0. The lowest BCUT2D eigenvalue weighted by molar-refractivity contribution is -0.136. The first-order valence-electron chi connectivity index (χ1n) is 11.3. The summed E-state index contributed by atoms with van der Waals surface area (Å²) in [6.07, 6.45) is 0.355. The Bertz CT molecular complexity index is 1350. The van der Waals surface area contributed by atoms with Crippen molar-refractivity contribution < 1.29 is 32.3 Å². The third kappa shape index (κ3) is 4.70. The largest absolute Gasteiger partial charge is 0.452 e. The summed E-state index contributed by atoms with van der Waals surface area (Å²) in [7, 11) is -3.17. The van der Waals surface area contributed by atoms with E-state index >= 15 is 0 Å². The molecule has 0 aliphatic carbocycles. The van der Waals surface area contributed by atoms with Crippen molar-refractivity contribution in [2.45, 2.75) is 33.2 Å². The van der Waals surface area contributed by atoms with Gasteiger partial charge < -0.3 is 9.64 Å². The predicted octanol–water partition coefficient (Wildman–Crippen LogP) is 2.30. The Morgan fingerprint density at radius 1 is 1.06 bits per heavy atom. The number of amides is 3. The molecule has 10 heteroatoms. The average Bonchev–Trinajstić information content (AvgIpc) is 3.30. The lowest BCUT2D eigenvalue weighted by Crippen LogP contribution is -2.43. The zero-order valence-corrected chi connectivity index (χ0v) is 20.6. The van der Waals surface area contributed by atoms with Gasteiger partial charge in [-0.1, -0.05) is 12.1 Å². The first-order chi connectivity index (χ1) is 16.5. The van der Waals surface area contributed by atoms with E-state index in [0.717, 1.165) is 16.0 Å². The third-order valence-corrected chi connectivity index (χ3v) is 8.12. The van der Waals surface area contributed by atoms with Crippen LogP contribution in [0.15, 0.2) is 36.4 Å². The molecule has 1 fully saturated rings. The van der Waals surface area contributed by atoms with E-state index in [2.05, 4.69) is 0 Å². The van der Waals surface area contributed by atoms with Gasteiger partial charge in [0.25, 0.3) is 17.7 Å². The number of anilines is 1. The number of imide groups is 1. The minimum atomic E-state index is -3.17. The van der Waals surface area contributed by atoms with Crippen LogP contribution in [-0.4, -0.2) is 67.7 Å². The first-order valence-corrected chi connectivity index (χ1v) is 13.1. The maximum absolute atomic E-state index is 13.1. The van der Waals surface area contributed by atoms with Crippen molar-refractivity contribution in [2.75, 3.05) is 29.6 Å². The monoisotopic (exact) mass is 498 g/mol. The lowest BCUT2D eigenvalue weighted by atomic mass is 10.1. The summed E-state index contributed by atoms with van der Waals surface area (Å²) < 4.78 is 28.7. The van der Waals surface area contributed by atoms with Crippen LogP contribution in [0, 0.1) is 13.8 Å². The maximum Gasteiger partial charge on any atom is 0.338 e. The molecule has 0 radical (unpaired) electrons. The third-order valence-electron chi connectivity index (χ3n) is 6.36. The fraction of sp³-hybridized carbons (Fsp3) is 0.360. The standard InChI is InChI=1S/C25H26N2O7S/c1-4-26(18-9-10-35(32,33)14-18)22(28)13-34-25(31)17-7-8-19-20(12-17)24(30)27(23(19)29)21-11-15(2)5-6-16(21)3/h5-8,11-12,18H,4,9-10,13-14H2,1-3H3/t18-/m1/s1. The molecular weight excluding hydrogens is 472 g/mol. The van der Waals surface area contributed by atoms with Crippen molar-refractivity contribution in [2.24, 2.45) is 0 Å². The molecule has 184 valence electrons. The fourth-order valence-corrected chi connectivity index (χ4v) is 6.23. The molecule has 1 saturated heterocycles. The molecule has 0 aromatic heterocycles. The Hall–Kier alpha value is -3.53. The number of ether oxygens (including phenoxy) is 1. The predicted molar refractivity (Wildman–Crippen MR) is 128 cm³/mol. The zero-order chi connectivity index (χ0) is 25.5. The van der Waals surface area contributed by atoms with Crippen LogP contribution < -0.4 is 4.90 Å². The number of esters is 1. The van der Waals surface area contributed by atoms with Crippen molar-refractivity contribution >= 4 is 39.2 Å². The number of hydrogen-bond acceptors (Lipinski definition) is 7. The van der Waals surface area contributed by atoms with Gasteiger partial charge in [0.15, 0.2) is 16.4 Å². The summed E-state index contributed by atoms with van der Waals surface area (Å²) in [6.45, 7) is 5.14. The Kier molecular flexibility index (Phi) is 6.50. The van der Waals surface area contributed by atoms with Crippen LogP contribution >= 0.6 is 0 Å². The molecule has 2 aromatic rings. The van der Waals surface area contributed by atoms with E-state index in [9.17, 15) is 27.6 Å². The van der Waals surface area contributed by atoms with Gasteiger partial charge >= 0.3 is 5.97 Å². The highest BCUT2D eigenvalue weighted by Crippen LogP contribution is 2.32. The summed E-state index contributed by atoms with van der Waals surface area (Å²) >= 11 is 0. The number of likely N-dealkylation sites (N-methyl/N-ethyl adjacent to an activating group) is 1. The van der Waals surface area contributed by atoms with Crippen LogP contribution in [0.25, 0.3) is 0 Å². The molecule has 0 bridgehead atoms. The molecule has 1 atom stereocenters. The van der Waals surface area contributed by atoms with Gasteiger partial charge in [0, 0.05) is 12.6 Å². The van der Waals surface area contributed by atoms with Crippen molar-refractivity contribution in [1.29, 1.82) is 0 Å². The highest BCUT2D eigenvalue weighted by molar-refractivity contribution is 7.91. The molecule has 3 amide bonds. The van der Waals surface area contributed by atoms with Gasteiger partial charge in [0.1, 0.15) is 0 Å². The van der Waals surface area contributed by atoms with Crippen LogP contribution in [0.1, 0.15) is 55.5 Å². The second-order valence-electron chi connectivity index (χ2n) is 8.81. The van der Waals surface area contributed by atoms with Crippen LogP contribution in [0.4, 0.5) is 5.69 Å². The second-order valence-corrected chi connectivity index (χ2v) is 11.0. The van der Waals surface area contributed by atoms with E-state index in [1.807, 2.05) is 19.1 Å². The molecule has 4 rings (SSSR count). The molecule has 2 aliphatic rings. The number of nitrogens with zero attached hydrogens (tertiary/aromatic N) is 2. The quantitative estimate of drug-likeness (QED) is 0.443. The smallest absolute Gasteiger partial charge is 0.338 e. The summed E-state index contributed by atoms with van der Waals surface area (Å²) in [5.41, 5.74) is 2.45. The summed E-state index contributed by atoms with van der Waals surface area (Å²) in [6, 6.07) is 9.12. The normalized spacial score (nSPS) is 18.5. The van der Waals surface area contributed by atoms with Gasteiger partial charge in [0.2, 0.25) is 0 Å². The number of aryl methyl sites for hydroxylation is 2. The van der Waals surface area contributed by atoms with Crippen LogP contribution in [-0.2, 0) is 19.4 Å². The number of benzene rings is 2. The van der Waals surface area contributed by atoms with E-state index < -0.39 is 46.2 Å². The van der Waals surface area contributed by atoms with Gasteiger partial charge in [-0.3, -0.25) is 14.4 Å². The summed E-state index contributed by atoms with van der Waals surface area (Å²) in [5.74, 6) is -2.39. The topological polar surface area (TPSA) is 118 Å². The first kappa shape index (κ1) is 24.6. The van der Waals surface area contributed by atoms with Crippen molar-refractivity contribution in [3.05, 3.63) is 64.2 Å². The minimum absolute atomic E-state index is 0.0300. The molecule has 0 saturated carbocycles. The van der Waals surface area contributed by atoms with Crippen LogP contribution in [0.3, 0.4) is 0 Å². The van der Waals surface area contributed by atoms with Crippen molar-refractivity contribution in [1.82, 2.24) is 4.90 Å². The SMILES string of the molecule is CCN(C(=O)COC(=O)c1ccc2c(c1)C(=O)N(c1cc(C)ccc1C)C2=O)[C@@H]1CCS(=O)(=O)C1. The van der Waals surface area contributed by atoms with Crippen LogP contribution in [0.2, 0.25) is 0 Å². The van der Waals surface area contributed by atoms with E-state index in [1.165, 1.54) is 23.1 Å². The highest BCUT2D eigenvalue weighted by atomic mass is 32.2. The minimum Gasteiger partial charge on any atom is -0.452 e. The molecule has 2 heterocycles. The Morgan fingerprint density at radius 3 is 2.43 bits per heavy atom. The molecule has 0 unspecified atom stereocenters. The van der Waals surface area contributed by atoms with Gasteiger partial charge in [-0.05, 0) is 62.6 Å². The van der Waals surface area contributed by atoms with Crippen molar-refractivity contribution in [3.63, 3.8) is 0 Å². The molecule has 0 N–H and O–H groups in total. The van der Waals surface area contributed by atoms with E-state index in [0.29, 0.717) is 18.7 Å². The average molecular weight is 499 g/mol.